The molecule has 2 saturated heterocycles. The van der Waals surface area contributed by atoms with Gasteiger partial charge in [0.15, 0.2) is 11.6 Å². The first-order valence-electron chi connectivity index (χ1n) is 12.5. The zero-order chi connectivity index (χ0) is 23.3. The van der Waals surface area contributed by atoms with Gasteiger partial charge in [0.1, 0.15) is 12.1 Å². The van der Waals surface area contributed by atoms with Crippen molar-refractivity contribution in [2.24, 2.45) is 5.73 Å². The van der Waals surface area contributed by atoms with Crippen LogP contribution in [0.1, 0.15) is 68.5 Å². The molecule has 180 valence electrons. The fourth-order valence-electron chi connectivity index (χ4n) is 5.43. The summed E-state index contributed by atoms with van der Waals surface area (Å²) in [6.07, 6.45) is 8.11. The summed E-state index contributed by atoms with van der Waals surface area (Å²) in [5.74, 6) is 1.19. The Labute approximate surface area is 198 Å². The molecule has 2 unspecified atom stereocenters. The maximum absolute atomic E-state index is 14.8. The van der Waals surface area contributed by atoms with Gasteiger partial charge in [0.25, 0.3) is 0 Å². The second kappa shape index (κ2) is 8.55. The fraction of sp³-hybridized carbons (Fsp3) is 0.560. The Morgan fingerprint density at radius 1 is 1.12 bits per heavy atom. The first kappa shape index (κ1) is 21.9. The molecule has 6 rings (SSSR count). The summed E-state index contributed by atoms with van der Waals surface area (Å²) in [5, 5.41) is 14.7. The summed E-state index contributed by atoms with van der Waals surface area (Å²) in [5.41, 5.74) is 9.01. The fourth-order valence-corrected chi connectivity index (χ4v) is 5.43. The third-order valence-electron chi connectivity index (χ3n) is 7.85. The van der Waals surface area contributed by atoms with E-state index in [0.29, 0.717) is 23.6 Å². The quantitative estimate of drug-likeness (QED) is 0.456. The standard InChI is InChI=1S/C25H33FN8/c1-25(27)7-10-34(11-8-25)20-13-17(6-9-28-20)16-4-5-19-18(12-16)23(30-14-29-19)31-24-21(26)22(32-33-24)15-2-3-15/h4-5,12,14-15,17,20,28H,2-3,6-11,13,27H2,1H3,(H2,29,30,31,32,33). The molecule has 3 aromatic rings. The van der Waals surface area contributed by atoms with Gasteiger partial charge >= 0.3 is 0 Å². The van der Waals surface area contributed by atoms with Crippen molar-refractivity contribution in [1.82, 2.24) is 30.4 Å². The Kier molecular flexibility index (Phi) is 5.50. The number of benzene rings is 1. The number of hydrogen-bond acceptors (Lipinski definition) is 7. The number of aromatic nitrogens is 4. The largest absolute Gasteiger partial charge is 0.325 e. The lowest BCUT2D eigenvalue weighted by atomic mass is 9.86. The second-order valence-corrected chi connectivity index (χ2v) is 10.6. The number of hydrogen-bond donors (Lipinski definition) is 4. The van der Waals surface area contributed by atoms with E-state index in [4.69, 9.17) is 5.73 Å². The summed E-state index contributed by atoms with van der Waals surface area (Å²) in [7, 11) is 0. The molecule has 0 spiro atoms. The molecule has 1 aliphatic carbocycles. The van der Waals surface area contributed by atoms with Crippen molar-refractivity contribution in [1.29, 1.82) is 0 Å². The van der Waals surface area contributed by atoms with E-state index in [0.717, 1.165) is 69.1 Å². The summed E-state index contributed by atoms with van der Waals surface area (Å²) in [6.45, 7) is 5.22. The van der Waals surface area contributed by atoms with E-state index in [2.05, 4.69) is 54.8 Å². The van der Waals surface area contributed by atoms with Crippen LogP contribution in [0, 0.1) is 5.82 Å². The van der Waals surface area contributed by atoms with Crippen molar-refractivity contribution in [3.8, 4) is 0 Å². The monoisotopic (exact) mass is 464 g/mol. The highest BCUT2D eigenvalue weighted by molar-refractivity contribution is 5.90. The maximum atomic E-state index is 14.8. The molecule has 9 heteroatoms. The molecule has 0 amide bonds. The summed E-state index contributed by atoms with van der Waals surface area (Å²) < 4.78 is 14.8. The second-order valence-electron chi connectivity index (χ2n) is 10.6. The van der Waals surface area contributed by atoms with E-state index in [1.807, 2.05) is 6.07 Å². The molecule has 1 aromatic carbocycles. The summed E-state index contributed by atoms with van der Waals surface area (Å²) >= 11 is 0. The number of fused-ring (bicyclic) bond motifs is 1. The average Bonchev–Trinajstić information content (AvgIpc) is 3.62. The minimum Gasteiger partial charge on any atom is -0.325 e. The molecular weight excluding hydrogens is 431 g/mol. The van der Waals surface area contributed by atoms with E-state index < -0.39 is 0 Å². The van der Waals surface area contributed by atoms with Gasteiger partial charge < -0.3 is 16.4 Å². The lowest BCUT2D eigenvalue weighted by molar-refractivity contribution is 0.0815. The molecule has 3 fully saturated rings. The normalized spacial score (nSPS) is 25.5. The van der Waals surface area contributed by atoms with Crippen LogP contribution in [0.15, 0.2) is 24.5 Å². The summed E-state index contributed by atoms with van der Waals surface area (Å²) in [4.78, 5) is 11.4. The van der Waals surface area contributed by atoms with Crippen LogP contribution in [0.2, 0.25) is 0 Å². The number of nitrogens with zero attached hydrogens (tertiary/aromatic N) is 4. The van der Waals surface area contributed by atoms with E-state index >= 15 is 0 Å². The van der Waals surface area contributed by atoms with Gasteiger partial charge in [0.2, 0.25) is 0 Å². The smallest absolute Gasteiger partial charge is 0.189 e. The van der Waals surface area contributed by atoms with Crippen LogP contribution in [0.3, 0.4) is 0 Å². The zero-order valence-corrected chi connectivity index (χ0v) is 19.6. The molecule has 1 saturated carbocycles. The highest BCUT2D eigenvalue weighted by Crippen LogP contribution is 2.42. The summed E-state index contributed by atoms with van der Waals surface area (Å²) in [6, 6.07) is 6.40. The van der Waals surface area contributed by atoms with Gasteiger partial charge in [-0.3, -0.25) is 10.00 Å². The van der Waals surface area contributed by atoms with Gasteiger partial charge in [-0.05, 0) is 75.6 Å². The average molecular weight is 465 g/mol. The van der Waals surface area contributed by atoms with E-state index in [-0.39, 0.29) is 23.1 Å². The lowest BCUT2D eigenvalue weighted by Gasteiger charge is -2.44. The van der Waals surface area contributed by atoms with E-state index in [9.17, 15) is 4.39 Å². The number of halogens is 1. The third-order valence-corrected chi connectivity index (χ3v) is 7.85. The van der Waals surface area contributed by atoms with Gasteiger partial charge in [-0.2, -0.15) is 5.10 Å². The van der Waals surface area contributed by atoms with Gasteiger partial charge in [-0.1, -0.05) is 6.07 Å². The van der Waals surface area contributed by atoms with Crippen LogP contribution >= 0.6 is 0 Å². The van der Waals surface area contributed by atoms with Crippen molar-refractivity contribution in [2.75, 3.05) is 25.0 Å². The van der Waals surface area contributed by atoms with Crippen molar-refractivity contribution in [3.63, 3.8) is 0 Å². The van der Waals surface area contributed by atoms with Crippen LogP contribution in [0.5, 0.6) is 0 Å². The molecule has 5 N–H and O–H groups in total. The van der Waals surface area contributed by atoms with Gasteiger partial charge in [-0.25, -0.2) is 14.4 Å². The molecule has 0 bridgehead atoms. The highest BCUT2D eigenvalue weighted by Gasteiger charge is 2.33. The third kappa shape index (κ3) is 4.28. The zero-order valence-electron chi connectivity index (χ0n) is 19.6. The number of nitrogens with two attached hydrogens (primary N) is 1. The van der Waals surface area contributed by atoms with Gasteiger partial charge in [0, 0.05) is 29.9 Å². The molecule has 4 heterocycles. The van der Waals surface area contributed by atoms with Crippen LogP contribution in [-0.2, 0) is 0 Å². The van der Waals surface area contributed by atoms with Crippen LogP contribution in [0.4, 0.5) is 16.0 Å². The Bertz CT molecular complexity index is 1180. The van der Waals surface area contributed by atoms with E-state index in [1.165, 1.54) is 11.9 Å². The molecule has 3 aliphatic rings. The number of H-pyrrole nitrogens is 1. The number of anilines is 2. The molecule has 0 radical (unpaired) electrons. The molecule has 2 aliphatic heterocycles. The first-order valence-corrected chi connectivity index (χ1v) is 12.5. The predicted molar refractivity (Wildman–Crippen MR) is 131 cm³/mol. The number of aromatic amines is 1. The number of rotatable bonds is 5. The molecule has 34 heavy (non-hydrogen) atoms. The molecular formula is C25H33FN8. The molecule has 2 atom stereocenters. The van der Waals surface area contributed by atoms with Crippen molar-refractivity contribution in [2.45, 2.75) is 69.0 Å². The first-order chi connectivity index (χ1) is 16.5. The van der Waals surface area contributed by atoms with Crippen LogP contribution in [0.25, 0.3) is 10.9 Å². The predicted octanol–water partition coefficient (Wildman–Crippen LogP) is 3.72. The Balaban J connectivity index is 1.23. The van der Waals surface area contributed by atoms with E-state index in [1.54, 1.807) is 0 Å². The SMILES string of the molecule is CC1(N)CCN(C2CC(c3ccc4ncnc(Nc5n[nH]c(C6CC6)c5F)c4c3)CCN2)CC1. The Morgan fingerprint density at radius 2 is 1.94 bits per heavy atom. The van der Waals surface area contributed by atoms with Gasteiger partial charge in [0.05, 0.1) is 17.4 Å². The van der Waals surface area contributed by atoms with Crippen molar-refractivity contribution in [3.05, 3.63) is 41.6 Å². The van der Waals surface area contributed by atoms with Gasteiger partial charge in [-0.15, -0.1) is 0 Å². The van der Waals surface area contributed by atoms with Crippen molar-refractivity contribution >= 4 is 22.5 Å². The highest BCUT2D eigenvalue weighted by atomic mass is 19.1. The Hall–Kier alpha value is -2.62. The lowest BCUT2D eigenvalue weighted by Crippen LogP contribution is -2.56. The number of likely N-dealkylation sites (tertiary alicyclic amines) is 1. The molecule has 2 aromatic heterocycles. The topological polar surface area (TPSA) is 108 Å². The Morgan fingerprint density at radius 3 is 2.74 bits per heavy atom. The minimum atomic E-state index is -0.304. The minimum absolute atomic E-state index is 0.0421. The molecule has 8 nitrogen and oxygen atoms in total. The van der Waals surface area contributed by atoms with Crippen LogP contribution < -0.4 is 16.4 Å². The number of nitrogens with one attached hydrogen (secondary N) is 3. The number of piperidine rings is 2. The maximum Gasteiger partial charge on any atom is 0.189 e. The van der Waals surface area contributed by atoms with Crippen molar-refractivity contribution < 1.29 is 4.39 Å². The van der Waals surface area contributed by atoms with Crippen LogP contribution in [-0.4, -0.2) is 56.4 Å².